The van der Waals surface area contributed by atoms with Crippen LogP contribution in [0.25, 0.3) is 21.0 Å². The van der Waals surface area contributed by atoms with Gasteiger partial charge in [-0.15, -0.1) is 11.3 Å². The van der Waals surface area contributed by atoms with E-state index in [-0.39, 0.29) is 5.56 Å². The van der Waals surface area contributed by atoms with Crippen molar-refractivity contribution in [3.05, 3.63) is 99.2 Å². The van der Waals surface area contributed by atoms with Crippen LogP contribution < -0.4 is 15.6 Å². The Morgan fingerprint density at radius 2 is 2.08 bits per heavy atom. The van der Waals surface area contributed by atoms with Gasteiger partial charge in [0.2, 0.25) is 0 Å². The minimum Gasteiger partial charge on any atom is -0.496 e. The van der Waals surface area contributed by atoms with E-state index in [0.717, 1.165) is 64.5 Å². The van der Waals surface area contributed by atoms with Crippen LogP contribution in [0.5, 0.6) is 5.75 Å². The number of nitrogens with one attached hydrogen (secondary N) is 1. The maximum absolute atomic E-state index is 13.7. The van der Waals surface area contributed by atoms with E-state index in [4.69, 9.17) is 9.72 Å². The number of rotatable bonds is 7. The first-order valence-electron chi connectivity index (χ1n) is 12.4. The lowest BCUT2D eigenvalue weighted by Gasteiger charge is -2.23. The second kappa shape index (κ2) is 9.84. The van der Waals surface area contributed by atoms with Crippen LogP contribution in [0.4, 0.5) is 0 Å². The molecule has 182 valence electrons. The fraction of sp³-hybridized carbons (Fsp3) is 0.276. The number of pyridine rings is 1. The van der Waals surface area contributed by atoms with Gasteiger partial charge < -0.3 is 10.1 Å². The Morgan fingerprint density at radius 3 is 2.94 bits per heavy atom. The highest BCUT2D eigenvalue weighted by Gasteiger charge is 2.25. The molecule has 6 rings (SSSR count). The summed E-state index contributed by atoms with van der Waals surface area (Å²) in [4.78, 5) is 24.7. The summed E-state index contributed by atoms with van der Waals surface area (Å²) in [6.45, 7) is 1.35. The molecular weight excluding hydrogens is 468 g/mol. The minimum absolute atomic E-state index is 0.0375. The van der Waals surface area contributed by atoms with Gasteiger partial charge in [-0.1, -0.05) is 36.4 Å². The fourth-order valence-electron chi connectivity index (χ4n) is 5.30. The number of aromatic nitrogens is 3. The van der Waals surface area contributed by atoms with E-state index in [1.54, 1.807) is 29.3 Å². The molecule has 0 bridgehead atoms. The maximum Gasteiger partial charge on any atom is 0.262 e. The summed E-state index contributed by atoms with van der Waals surface area (Å²) in [6.07, 6.45) is 9.26. The number of nitrogens with zero attached hydrogens (tertiary/aromatic N) is 3. The monoisotopic (exact) mass is 496 g/mol. The molecule has 0 fully saturated rings. The van der Waals surface area contributed by atoms with Gasteiger partial charge >= 0.3 is 0 Å². The SMILES string of the molecule is COc1ccc2ccccc2c1Cn1cnc2sc3c(c2c1=O)CCC(NCCc1cccnc1)C3. The Kier molecular flexibility index (Phi) is 6.25. The molecule has 0 radical (unpaired) electrons. The number of ether oxygens (including phenoxy) is 1. The highest BCUT2D eigenvalue weighted by Crippen LogP contribution is 2.34. The van der Waals surface area contributed by atoms with E-state index in [9.17, 15) is 4.79 Å². The van der Waals surface area contributed by atoms with Crippen LogP contribution in [0.2, 0.25) is 0 Å². The molecular formula is C29H28N4O2S. The van der Waals surface area contributed by atoms with Gasteiger partial charge in [0.25, 0.3) is 5.56 Å². The van der Waals surface area contributed by atoms with Gasteiger partial charge in [-0.2, -0.15) is 0 Å². The molecule has 3 aromatic heterocycles. The number of benzene rings is 2. The number of aryl methyl sites for hydroxylation is 1. The normalized spacial score (nSPS) is 15.3. The summed E-state index contributed by atoms with van der Waals surface area (Å²) in [6, 6.07) is 16.8. The second-order valence-electron chi connectivity index (χ2n) is 9.33. The van der Waals surface area contributed by atoms with Crippen molar-refractivity contribution in [1.82, 2.24) is 19.9 Å². The Hall–Kier alpha value is -3.55. The predicted octanol–water partition coefficient (Wildman–Crippen LogP) is 4.75. The van der Waals surface area contributed by atoms with E-state index in [2.05, 4.69) is 34.6 Å². The van der Waals surface area contributed by atoms with Gasteiger partial charge in [-0.25, -0.2) is 4.98 Å². The van der Waals surface area contributed by atoms with Crippen LogP contribution in [0.15, 0.2) is 72.0 Å². The maximum atomic E-state index is 13.7. The van der Waals surface area contributed by atoms with Crippen LogP contribution in [0, 0.1) is 0 Å². The second-order valence-corrected chi connectivity index (χ2v) is 10.4. The zero-order chi connectivity index (χ0) is 24.5. The summed E-state index contributed by atoms with van der Waals surface area (Å²) in [5, 5.41) is 6.73. The van der Waals surface area contributed by atoms with E-state index in [1.165, 1.54) is 16.0 Å². The summed E-state index contributed by atoms with van der Waals surface area (Å²) in [5.41, 5.74) is 3.48. The molecule has 2 aromatic carbocycles. The Labute approximate surface area is 213 Å². The van der Waals surface area contributed by atoms with Crippen molar-refractivity contribution in [2.75, 3.05) is 13.7 Å². The predicted molar refractivity (Wildman–Crippen MR) is 145 cm³/mol. The first-order chi connectivity index (χ1) is 17.7. The zero-order valence-electron chi connectivity index (χ0n) is 20.2. The third-order valence-corrected chi connectivity index (χ3v) is 8.31. The van der Waals surface area contributed by atoms with Gasteiger partial charge in [-0.05, 0) is 66.3 Å². The molecule has 0 saturated heterocycles. The molecule has 36 heavy (non-hydrogen) atoms. The lowest BCUT2D eigenvalue weighted by Crippen LogP contribution is -2.35. The van der Waals surface area contributed by atoms with Crippen LogP contribution in [-0.2, 0) is 25.8 Å². The Balaban J connectivity index is 1.26. The van der Waals surface area contributed by atoms with Crippen LogP contribution in [0.1, 0.15) is 28.0 Å². The highest BCUT2D eigenvalue weighted by molar-refractivity contribution is 7.18. The van der Waals surface area contributed by atoms with Crippen molar-refractivity contribution in [3.8, 4) is 5.75 Å². The van der Waals surface area contributed by atoms with Gasteiger partial charge in [-0.3, -0.25) is 14.3 Å². The summed E-state index contributed by atoms with van der Waals surface area (Å²) >= 11 is 1.67. The molecule has 1 aliphatic carbocycles. The first kappa shape index (κ1) is 22.9. The van der Waals surface area contributed by atoms with Crippen molar-refractivity contribution in [1.29, 1.82) is 0 Å². The first-order valence-corrected chi connectivity index (χ1v) is 13.2. The molecule has 5 aromatic rings. The quantitative estimate of drug-likeness (QED) is 0.352. The molecule has 7 heteroatoms. The average molecular weight is 497 g/mol. The summed E-state index contributed by atoms with van der Waals surface area (Å²) < 4.78 is 7.39. The number of hydrogen-bond acceptors (Lipinski definition) is 6. The van der Waals surface area contributed by atoms with Crippen molar-refractivity contribution < 1.29 is 4.74 Å². The third kappa shape index (κ3) is 4.29. The van der Waals surface area contributed by atoms with Crippen LogP contribution in [0.3, 0.4) is 0 Å². The van der Waals surface area contributed by atoms with Gasteiger partial charge in [0, 0.05) is 28.9 Å². The van der Waals surface area contributed by atoms with E-state index in [0.29, 0.717) is 12.6 Å². The lowest BCUT2D eigenvalue weighted by molar-refractivity contribution is 0.409. The van der Waals surface area contributed by atoms with E-state index >= 15 is 0 Å². The molecule has 6 nitrogen and oxygen atoms in total. The molecule has 1 unspecified atom stereocenters. The van der Waals surface area contributed by atoms with Crippen molar-refractivity contribution in [3.63, 3.8) is 0 Å². The molecule has 1 aliphatic rings. The largest absolute Gasteiger partial charge is 0.496 e. The molecule has 1 N–H and O–H groups in total. The van der Waals surface area contributed by atoms with Crippen molar-refractivity contribution in [2.24, 2.45) is 0 Å². The number of thiophene rings is 1. The fourth-order valence-corrected chi connectivity index (χ4v) is 6.55. The minimum atomic E-state index is 0.0375. The molecule has 1 atom stereocenters. The Morgan fingerprint density at radius 1 is 1.17 bits per heavy atom. The number of hydrogen-bond donors (Lipinski definition) is 1. The van der Waals surface area contributed by atoms with Gasteiger partial charge in [0.15, 0.2) is 0 Å². The molecule has 0 saturated carbocycles. The smallest absolute Gasteiger partial charge is 0.262 e. The topological polar surface area (TPSA) is 69.0 Å². The molecule has 3 heterocycles. The lowest BCUT2D eigenvalue weighted by atomic mass is 9.93. The zero-order valence-corrected chi connectivity index (χ0v) is 21.1. The highest BCUT2D eigenvalue weighted by atomic mass is 32.1. The number of methoxy groups -OCH3 is 1. The average Bonchev–Trinajstić information content (AvgIpc) is 3.29. The van der Waals surface area contributed by atoms with Crippen LogP contribution in [-0.4, -0.2) is 34.2 Å². The van der Waals surface area contributed by atoms with Crippen LogP contribution >= 0.6 is 11.3 Å². The van der Waals surface area contributed by atoms with E-state index in [1.807, 2.05) is 36.7 Å². The Bertz CT molecular complexity index is 1590. The summed E-state index contributed by atoms with van der Waals surface area (Å²) in [7, 11) is 1.67. The molecule has 0 spiro atoms. The molecule has 0 amide bonds. The van der Waals surface area contributed by atoms with Crippen molar-refractivity contribution in [2.45, 2.75) is 38.3 Å². The van der Waals surface area contributed by atoms with E-state index < -0.39 is 0 Å². The molecule has 0 aliphatic heterocycles. The van der Waals surface area contributed by atoms with Gasteiger partial charge in [0.05, 0.1) is 25.4 Å². The number of fused-ring (bicyclic) bond motifs is 4. The van der Waals surface area contributed by atoms with Crippen molar-refractivity contribution >= 4 is 32.3 Å². The standard InChI is InChI=1S/C29H28N4O2S/c1-35-25-11-8-20-6-2-3-7-22(20)24(25)17-33-18-32-28-27(29(33)34)23-10-9-21(15-26(23)36-28)31-14-12-19-5-4-13-30-16-19/h2-8,11,13,16,18,21,31H,9-10,12,14-15,17H2,1H3. The van der Waals surface area contributed by atoms with Gasteiger partial charge in [0.1, 0.15) is 10.6 Å². The summed E-state index contributed by atoms with van der Waals surface area (Å²) in [5.74, 6) is 0.785. The third-order valence-electron chi connectivity index (χ3n) is 7.15.